The molecule has 0 saturated carbocycles. The molecule has 4 nitrogen and oxygen atoms in total. The van der Waals surface area contributed by atoms with Crippen LogP contribution in [0.25, 0.3) is 0 Å². The van der Waals surface area contributed by atoms with Gasteiger partial charge in [0.05, 0.1) is 18.1 Å². The maximum Gasteiger partial charge on any atom is 0.144 e. The number of aromatic nitrogens is 2. The molecule has 0 spiro atoms. The zero-order valence-electron chi connectivity index (χ0n) is 10.3. The molecule has 0 aliphatic heterocycles. The molecular formula is C13H14FN3O. The Balaban J connectivity index is 2.04. The number of halogens is 1. The highest BCUT2D eigenvalue weighted by molar-refractivity contribution is 5.33. The largest absolute Gasteiger partial charge is 0.487 e. The van der Waals surface area contributed by atoms with Crippen LogP contribution >= 0.6 is 0 Å². The average Bonchev–Trinajstić information content (AvgIpc) is 2.40. The van der Waals surface area contributed by atoms with Crippen LogP contribution in [0.3, 0.4) is 0 Å². The lowest BCUT2D eigenvalue weighted by Crippen LogP contribution is -2.02. The quantitative estimate of drug-likeness (QED) is 0.902. The monoisotopic (exact) mass is 247 g/mol. The molecule has 0 unspecified atom stereocenters. The topological polar surface area (TPSA) is 47.0 Å². The standard InChI is InChI=1S/C13H14FN3O/c1-9-3-4-10(14)5-12(9)18-8-11-6-17-13(15-2)7-16-11/h3-7H,8H2,1-2H3,(H,15,17). The first-order valence-electron chi connectivity index (χ1n) is 5.56. The molecule has 0 amide bonds. The van der Waals surface area contributed by atoms with Gasteiger partial charge in [-0.25, -0.2) is 9.37 Å². The molecule has 0 fully saturated rings. The number of benzene rings is 1. The Hall–Kier alpha value is -2.17. The van der Waals surface area contributed by atoms with Crippen LogP contribution in [0.2, 0.25) is 0 Å². The molecule has 94 valence electrons. The van der Waals surface area contributed by atoms with Gasteiger partial charge in [0.25, 0.3) is 0 Å². The van der Waals surface area contributed by atoms with Crippen molar-refractivity contribution in [2.45, 2.75) is 13.5 Å². The summed E-state index contributed by atoms with van der Waals surface area (Å²) < 4.78 is 18.6. The van der Waals surface area contributed by atoms with Crippen LogP contribution in [-0.2, 0) is 6.61 Å². The van der Waals surface area contributed by atoms with E-state index in [-0.39, 0.29) is 12.4 Å². The van der Waals surface area contributed by atoms with Crippen LogP contribution in [0.4, 0.5) is 10.2 Å². The average molecular weight is 247 g/mol. The van der Waals surface area contributed by atoms with Gasteiger partial charge in [0.15, 0.2) is 0 Å². The third kappa shape index (κ3) is 2.94. The van der Waals surface area contributed by atoms with Gasteiger partial charge >= 0.3 is 0 Å². The molecule has 0 aliphatic rings. The van der Waals surface area contributed by atoms with E-state index in [0.29, 0.717) is 17.3 Å². The summed E-state index contributed by atoms with van der Waals surface area (Å²) in [5.74, 6) is 0.905. The third-order valence-corrected chi connectivity index (χ3v) is 2.49. The van der Waals surface area contributed by atoms with Gasteiger partial charge in [0.2, 0.25) is 0 Å². The number of anilines is 1. The van der Waals surface area contributed by atoms with Crippen LogP contribution < -0.4 is 10.1 Å². The smallest absolute Gasteiger partial charge is 0.144 e. The molecule has 1 aromatic heterocycles. The first-order valence-corrected chi connectivity index (χ1v) is 5.56. The van der Waals surface area contributed by atoms with Crippen molar-refractivity contribution in [3.8, 4) is 5.75 Å². The summed E-state index contributed by atoms with van der Waals surface area (Å²) in [6, 6.07) is 4.45. The van der Waals surface area contributed by atoms with Crippen molar-refractivity contribution >= 4 is 5.82 Å². The SMILES string of the molecule is CNc1cnc(COc2cc(F)ccc2C)cn1. The number of nitrogens with zero attached hydrogens (tertiary/aromatic N) is 2. The third-order valence-electron chi connectivity index (χ3n) is 2.49. The fourth-order valence-corrected chi connectivity index (χ4v) is 1.44. The van der Waals surface area contributed by atoms with Crippen molar-refractivity contribution in [3.63, 3.8) is 0 Å². The molecular weight excluding hydrogens is 233 g/mol. The van der Waals surface area contributed by atoms with Crippen molar-refractivity contribution in [2.75, 3.05) is 12.4 Å². The lowest BCUT2D eigenvalue weighted by molar-refractivity contribution is 0.297. The Morgan fingerprint density at radius 3 is 2.78 bits per heavy atom. The summed E-state index contributed by atoms with van der Waals surface area (Å²) in [4.78, 5) is 8.29. The summed E-state index contributed by atoms with van der Waals surface area (Å²) in [5.41, 5.74) is 1.58. The molecule has 18 heavy (non-hydrogen) atoms. The van der Waals surface area contributed by atoms with E-state index in [2.05, 4.69) is 15.3 Å². The van der Waals surface area contributed by atoms with Crippen LogP contribution in [0.5, 0.6) is 5.75 Å². The number of aryl methyl sites for hydroxylation is 1. The molecule has 1 heterocycles. The van der Waals surface area contributed by atoms with Crippen molar-refractivity contribution < 1.29 is 9.13 Å². The Morgan fingerprint density at radius 2 is 2.11 bits per heavy atom. The second-order valence-corrected chi connectivity index (χ2v) is 3.84. The highest BCUT2D eigenvalue weighted by Crippen LogP contribution is 2.19. The van der Waals surface area contributed by atoms with Gasteiger partial charge in [0.1, 0.15) is 24.0 Å². The lowest BCUT2D eigenvalue weighted by atomic mass is 10.2. The molecule has 0 aliphatic carbocycles. The van der Waals surface area contributed by atoms with Gasteiger partial charge in [-0.05, 0) is 18.6 Å². The first kappa shape index (κ1) is 12.3. The molecule has 1 aromatic carbocycles. The minimum Gasteiger partial charge on any atom is -0.487 e. The Labute approximate surface area is 105 Å². The van der Waals surface area contributed by atoms with E-state index in [4.69, 9.17) is 4.74 Å². The van der Waals surface area contributed by atoms with E-state index in [9.17, 15) is 4.39 Å². The molecule has 0 radical (unpaired) electrons. The minimum absolute atomic E-state index is 0.265. The minimum atomic E-state index is -0.313. The van der Waals surface area contributed by atoms with Gasteiger partial charge in [-0.3, -0.25) is 4.98 Å². The van der Waals surface area contributed by atoms with E-state index in [1.807, 2.05) is 6.92 Å². The zero-order chi connectivity index (χ0) is 13.0. The second-order valence-electron chi connectivity index (χ2n) is 3.84. The van der Waals surface area contributed by atoms with Crippen LogP contribution in [0.1, 0.15) is 11.3 Å². The van der Waals surface area contributed by atoms with E-state index < -0.39 is 0 Å². The summed E-state index contributed by atoms with van der Waals surface area (Å²) in [6.07, 6.45) is 3.25. The van der Waals surface area contributed by atoms with Crippen LogP contribution in [0.15, 0.2) is 30.6 Å². The Morgan fingerprint density at radius 1 is 1.28 bits per heavy atom. The Kier molecular flexibility index (Phi) is 3.72. The fourth-order valence-electron chi connectivity index (χ4n) is 1.44. The summed E-state index contributed by atoms with van der Waals surface area (Å²) in [6.45, 7) is 2.13. The highest BCUT2D eigenvalue weighted by atomic mass is 19.1. The number of hydrogen-bond donors (Lipinski definition) is 1. The normalized spacial score (nSPS) is 10.2. The maximum absolute atomic E-state index is 13.1. The number of rotatable bonds is 4. The maximum atomic E-state index is 13.1. The van der Waals surface area contributed by atoms with Crippen LogP contribution in [-0.4, -0.2) is 17.0 Å². The predicted octanol–water partition coefficient (Wildman–Crippen LogP) is 2.54. The van der Waals surface area contributed by atoms with Gasteiger partial charge < -0.3 is 10.1 Å². The van der Waals surface area contributed by atoms with Gasteiger partial charge in [-0.2, -0.15) is 0 Å². The summed E-state index contributed by atoms with van der Waals surface area (Å²) in [5, 5.41) is 2.88. The van der Waals surface area contributed by atoms with E-state index in [0.717, 1.165) is 5.56 Å². The van der Waals surface area contributed by atoms with Gasteiger partial charge in [-0.1, -0.05) is 6.07 Å². The van der Waals surface area contributed by atoms with Crippen molar-refractivity contribution in [3.05, 3.63) is 47.7 Å². The molecule has 0 atom stereocenters. The summed E-state index contributed by atoms with van der Waals surface area (Å²) in [7, 11) is 1.77. The highest BCUT2D eigenvalue weighted by Gasteiger charge is 2.03. The van der Waals surface area contributed by atoms with Crippen molar-refractivity contribution in [1.29, 1.82) is 0 Å². The van der Waals surface area contributed by atoms with E-state index in [1.165, 1.54) is 12.1 Å². The van der Waals surface area contributed by atoms with Gasteiger partial charge in [0, 0.05) is 13.1 Å². The zero-order valence-corrected chi connectivity index (χ0v) is 10.3. The lowest BCUT2D eigenvalue weighted by Gasteiger charge is -2.08. The molecule has 2 rings (SSSR count). The van der Waals surface area contributed by atoms with Crippen LogP contribution in [0, 0.1) is 12.7 Å². The van der Waals surface area contributed by atoms with E-state index in [1.54, 1.807) is 25.5 Å². The van der Waals surface area contributed by atoms with E-state index >= 15 is 0 Å². The molecule has 5 heteroatoms. The summed E-state index contributed by atoms with van der Waals surface area (Å²) >= 11 is 0. The van der Waals surface area contributed by atoms with Gasteiger partial charge in [-0.15, -0.1) is 0 Å². The number of nitrogens with one attached hydrogen (secondary N) is 1. The molecule has 0 bridgehead atoms. The number of hydrogen-bond acceptors (Lipinski definition) is 4. The van der Waals surface area contributed by atoms with Crippen molar-refractivity contribution in [1.82, 2.24) is 9.97 Å². The fraction of sp³-hybridized carbons (Fsp3) is 0.231. The Bertz CT molecular complexity index is 528. The predicted molar refractivity (Wildman–Crippen MR) is 67.0 cm³/mol. The van der Waals surface area contributed by atoms with Crippen molar-refractivity contribution in [2.24, 2.45) is 0 Å². The second kappa shape index (κ2) is 5.44. The molecule has 1 N–H and O–H groups in total. The molecule has 2 aromatic rings. The first-order chi connectivity index (χ1) is 8.69. The molecule has 0 saturated heterocycles. The number of ether oxygens (including phenoxy) is 1.